The van der Waals surface area contributed by atoms with E-state index in [9.17, 15) is 10.2 Å². The molecule has 0 aromatic heterocycles. The summed E-state index contributed by atoms with van der Waals surface area (Å²) in [7, 11) is 0. The zero-order valence-corrected chi connectivity index (χ0v) is 11.3. The molecule has 1 saturated heterocycles. The van der Waals surface area contributed by atoms with Gasteiger partial charge in [-0.05, 0) is 24.6 Å². The molecule has 0 unspecified atom stereocenters. The third kappa shape index (κ3) is 3.37. The highest BCUT2D eigenvalue weighted by Gasteiger charge is 2.22. The number of hydrogen-bond donors (Lipinski definition) is 3. The number of rotatable bonds is 5. The number of nitrogens with one attached hydrogen (secondary N) is 1. The molecule has 5 heteroatoms. The summed E-state index contributed by atoms with van der Waals surface area (Å²) in [6.45, 7) is 6.16. The molecular weight excluding hydrogens is 244 g/mol. The van der Waals surface area contributed by atoms with Gasteiger partial charge in [0.1, 0.15) is 0 Å². The second-order valence-electron chi connectivity index (χ2n) is 4.64. The number of ether oxygens (including phenoxy) is 1. The minimum atomic E-state index is -0.0399. The zero-order valence-electron chi connectivity index (χ0n) is 11.3. The van der Waals surface area contributed by atoms with Crippen molar-refractivity contribution < 1.29 is 14.9 Å². The molecule has 1 aromatic rings. The lowest BCUT2D eigenvalue weighted by Crippen LogP contribution is -2.46. The van der Waals surface area contributed by atoms with Crippen LogP contribution in [0.25, 0.3) is 0 Å². The van der Waals surface area contributed by atoms with Crippen LogP contribution in [0.5, 0.6) is 11.5 Å². The lowest BCUT2D eigenvalue weighted by atomic mass is 10.0. The number of piperazine rings is 1. The van der Waals surface area contributed by atoms with Gasteiger partial charge in [-0.15, -0.1) is 0 Å². The SMILES string of the molecule is CCOc1cc([C@H](CO)N2CCNCC2)ccc1O. The Balaban J connectivity index is 2.19. The van der Waals surface area contributed by atoms with Crippen LogP contribution in [0.2, 0.25) is 0 Å². The molecule has 0 radical (unpaired) electrons. The van der Waals surface area contributed by atoms with E-state index in [-0.39, 0.29) is 18.4 Å². The van der Waals surface area contributed by atoms with E-state index in [1.807, 2.05) is 19.1 Å². The summed E-state index contributed by atoms with van der Waals surface area (Å²) in [6, 6.07) is 5.26. The molecule has 0 saturated carbocycles. The number of benzene rings is 1. The number of nitrogens with zero attached hydrogens (tertiary/aromatic N) is 1. The molecule has 0 bridgehead atoms. The molecule has 19 heavy (non-hydrogen) atoms. The molecular formula is C14H22N2O3. The monoisotopic (exact) mass is 266 g/mol. The third-order valence-corrected chi connectivity index (χ3v) is 3.43. The van der Waals surface area contributed by atoms with Crippen molar-refractivity contribution in [3.05, 3.63) is 23.8 Å². The van der Waals surface area contributed by atoms with E-state index in [0.29, 0.717) is 12.4 Å². The summed E-state index contributed by atoms with van der Waals surface area (Å²) in [5.41, 5.74) is 0.977. The standard InChI is InChI=1S/C14H22N2O3/c1-2-19-14-9-11(3-4-13(14)18)12(10-17)16-7-5-15-6-8-16/h3-4,9,12,15,17-18H,2,5-8,10H2,1H3/t12-/m0/s1. The molecule has 1 aliphatic rings. The van der Waals surface area contributed by atoms with Gasteiger partial charge in [-0.25, -0.2) is 0 Å². The molecule has 1 aliphatic heterocycles. The predicted octanol–water partition coefficient (Wildman–Crippen LogP) is 0.729. The minimum Gasteiger partial charge on any atom is -0.504 e. The second kappa shape index (κ2) is 6.75. The van der Waals surface area contributed by atoms with Gasteiger partial charge in [0.25, 0.3) is 0 Å². The Hall–Kier alpha value is -1.30. The predicted molar refractivity (Wildman–Crippen MR) is 73.5 cm³/mol. The number of phenols is 1. The van der Waals surface area contributed by atoms with Crippen molar-refractivity contribution in [2.24, 2.45) is 0 Å². The Bertz CT molecular complexity index is 406. The van der Waals surface area contributed by atoms with Crippen LogP contribution in [-0.4, -0.2) is 54.5 Å². The highest BCUT2D eigenvalue weighted by atomic mass is 16.5. The average molecular weight is 266 g/mol. The number of aromatic hydroxyl groups is 1. The van der Waals surface area contributed by atoms with Crippen molar-refractivity contribution >= 4 is 0 Å². The van der Waals surface area contributed by atoms with Crippen LogP contribution in [0.3, 0.4) is 0 Å². The number of phenolic OH excluding ortho intramolecular Hbond substituents is 1. The molecule has 0 spiro atoms. The maximum atomic E-state index is 9.72. The highest BCUT2D eigenvalue weighted by Crippen LogP contribution is 2.31. The van der Waals surface area contributed by atoms with Crippen molar-refractivity contribution in [1.29, 1.82) is 0 Å². The molecule has 0 aliphatic carbocycles. The molecule has 0 amide bonds. The van der Waals surface area contributed by atoms with Gasteiger partial charge >= 0.3 is 0 Å². The molecule has 1 aromatic carbocycles. The minimum absolute atomic E-state index is 0.0399. The van der Waals surface area contributed by atoms with E-state index in [4.69, 9.17) is 4.74 Å². The molecule has 5 nitrogen and oxygen atoms in total. The van der Waals surface area contributed by atoms with Crippen LogP contribution in [-0.2, 0) is 0 Å². The van der Waals surface area contributed by atoms with Crippen LogP contribution in [0.15, 0.2) is 18.2 Å². The van der Waals surface area contributed by atoms with Crippen LogP contribution in [0.1, 0.15) is 18.5 Å². The van der Waals surface area contributed by atoms with Gasteiger partial charge in [-0.1, -0.05) is 6.07 Å². The molecule has 1 heterocycles. The summed E-state index contributed by atoms with van der Waals surface area (Å²) in [5, 5.41) is 22.7. The molecule has 1 atom stereocenters. The van der Waals surface area contributed by atoms with E-state index < -0.39 is 0 Å². The van der Waals surface area contributed by atoms with Gasteiger partial charge in [-0.2, -0.15) is 0 Å². The van der Waals surface area contributed by atoms with Gasteiger partial charge in [0.05, 0.1) is 19.3 Å². The van der Waals surface area contributed by atoms with Crippen LogP contribution in [0.4, 0.5) is 0 Å². The van der Waals surface area contributed by atoms with E-state index in [1.165, 1.54) is 0 Å². The molecule has 106 valence electrons. The van der Waals surface area contributed by atoms with Crippen molar-refractivity contribution in [3.8, 4) is 11.5 Å². The van der Waals surface area contributed by atoms with E-state index >= 15 is 0 Å². The second-order valence-corrected chi connectivity index (χ2v) is 4.64. The van der Waals surface area contributed by atoms with Crippen molar-refractivity contribution in [2.75, 3.05) is 39.4 Å². The fourth-order valence-electron chi connectivity index (χ4n) is 2.43. The first kappa shape index (κ1) is 14.1. The fourth-order valence-corrected chi connectivity index (χ4v) is 2.43. The molecule has 2 rings (SSSR count). The number of hydrogen-bond acceptors (Lipinski definition) is 5. The van der Waals surface area contributed by atoms with Crippen molar-refractivity contribution in [2.45, 2.75) is 13.0 Å². The van der Waals surface area contributed by atoms with Gasteiger partial charge in [0.2, 0.25) is 0 Å². The van der Waals surface area contributed by atoms with E-state index in [2.05, 4.69) is 10.2 Å². The maximum Gasteiger partial charge on any atom is 0.161 e. The topological polar surface area (TPSA) is 65.0 Å². The van der Waals surface area contributed by atoms with Crippen LogP contribution in [0, 0.1) is 0 Å². The third-order valence-electron chi connectivity index (χ3n) is 3.43. The highest BCUT2D eigenvalue weighted by molar-refractivity contribution is 5.42. The van der Waals surface area contributed by atoms with Crippen LogP contribution < -0.4 is 10.1 Å². The Morgan fingerprint density at radius 2 is 2.11 bits per heavy atom. The molecule has 3 N–H and O–H groups in total. The summed E-state index contributed by atoms with van der Waals surface area (Å²) in [6.07, 6.45) is 0. The first-order valence-electron chi connectivity index (χ1n) is 6.77. The summed E-state index contributed by atoms with van der Waals surface area (Å²) >= 11 is 0. The number of aliphatic hydroxyl groups excluding tert-OH is 1. The average Bonchev–Trinajstić information content (AvgIpc) is 2.44. The van der Waals surface area contributed by atoms with E-state index in [1.54, 1.807) is 6.07 Å². The normalized spacial score (nSPS) is 18.2. The smallest absolute Gasteiger partial charge is 0.161 e. The Kier molecular flexibility index (Phi) is 5.01. The van der Waals surface area contributed by atoms with Crippen molar-refractivity contribution in [3.63, 3.8) is 0 Å². The quantitative estimate of drug-likeness (QED) is 0.733. The zero-order chi connectivity index (χ0) is 13.7. The van der Waals surface area contributed by atoms with Crippen molar-refractivity contribution in [1.82, 2.24) is 10.2 Å². The summed E-state index contributed by atoms with van der Waals surface area (Å²) in [4.78, 5) is 2.25. The fraction of sp³-hybridized carbons (Fsp3) is 0.571. The van der Waals surface area contributed by atoms with Gasteiger partial charge in [0.15, 0.2) is 11.5 Å². The maximum absolute atomic E-state index is 9.72. The first-order valence-corrected chi connectivity index (χ1v) is 6.77. The van der Waals surface area contributed by atoms with Gasteiger partial charge < -0.3 is 20.3 Å². The molecule has 1 fully saturated rings. The largest absolute Gasteiger partial charge is 0.504 e. The lowest BCUT2D eigenvalue weighted by Gasteiger charge is -2.34. The first-order chi connectivity index (χ1) is 9.26. The Morgan fingerprint density at radius 1 is 1.37 bits per heavy atom. The summed E-state index contributed by atoms with van der Waals surface area (Å²) in [5.74, 6) is 0.621. The number of aliphatic hydroxyl groups is 1. The van der Waals surface area contributed by atoms with E-state index in [0.717, 1.165) is 31.7 Å². The Morgan fingerprint density at radius 3 is 2.74 bits per heavy atom. The summed E-state index contributed by atoms with van der Waals surface area (Å²) < 4.78 is 5.40. The van der Waals surface area contributed by atoms with Gasteiger partial charge in [0, 0.05) is 26.2 Å². The Labute approximate surface area is 113 Å². The van der Waals surface area contributed by atoms with Gasteiger partial charge in [-0.3, -0.25) is 4.90 Å². The lowest BCUT2D eigenvalue weighted by molar-refractivity contribution is 0.110. The van der Waals surface area contributed by atoms with Crippen LogP contribution >= 0.6 is 0 Å².